The van der Waals surface area contributed by atoms with Crippen molar-refractivity contribution in [1.29, 1.82) is 0 Å². The maximum Gasteiger partial charge on any atom is 0.0642 e. The first-order valence-electron chi connectivity index (χ1n) is 9.35. The summed E-state index contributed by atoms with van der Waals surface area (Å²) in [6, 6.07) is 17.6. The Morgan fingerprint density at radius 2 is 0.880 bits per heavy atom. The third kappa shape index (κ3) is 4.33. The first-order chi connectivity index (χ1) is 11.5. The van der Waals surface area contributed by atoms with Crippen LogP contribution in [0.2, 0.25) is 0 Å². The van der Waals surface area contributed by atoms with E-state index in [9.17, 15) is 0 Å². The van der Waals surface area contributed by atoms with Crippen molar-refractivity contribution in [3.63, 3.8) is 0 Å². The molecule has 2 atom stereocenters. The van der Waals surface area contributed by atoms with Crippen LogP contribution in [0.4, 0.5) is 0 Å². The Labute approximate surface area is 154 Å². The monoisotopic (exact) mass is 338 g/mol. The van der Waals surface area contributed by atoms with Crippen molar-refractivity contribution >= 4 is 0 Å². The molecule has 0 aliphatic carbocycles. The zero-order valence-corrected chi connectivity index (χ0v) is 17.2. The molecule has 0 amide bonds. The second-order valence-corrected chi connectivity index (χ2v) is 8.60. The molecule has 0 aliphatic heterocycles. The molecule has 0 bridgehead atoms. The molecule has 2 rings (SSSR count). The minimum atomic E-state index is -0.0364. The number of aryl methyl sites for hydroxylation is 2. The lowest BCUT2D eigenvalue weighted by molar-refractivity contribution is -0.0577. The lowest BCUT2D eigenvalue weighted by Crippen LogP contribution is -2.42. The van der Waals surface area contributed by atoms with Crippen LogP contribution in [0.25, 0.3) is 0 Å². The van der Waals surface area contributed by atoms with Gasteiger partial charge in [0.15, 0.2) is 0 Å². The SMILES string of the molecule is Cc1ccc(C(C)(C)C(C)OC(C)C(C)(C)c2ccc(C)cc2)cc1. The van der Waals surface area contributed by atoms with Crippen LogP contribution in [-0.2, 0) is 15.6 Å². The van der Waals surface area contributed by atoms with E-state index in [1.165, 1.54) is 22.3 Å². The van der Waals surface area contributed by atoms with Crippen molar-refractivity contribution < 1.29 is 4.74 Å². The molecule has 1 heteroatoms. The lowest BCUT2D eigenvalue weighted by atomic mass is 9.77. The van der Waals surface area contributed by atoms with E-state index in [0.717, 1.165) is 0 Å². The van der Waals surface area contributed by atoms with Gasteiger partial charge in [-0.05, 0) is 38.8 Å². The summed E-state index contributed by atoms with van der Waals surface area (Å²) < 4.78 is 6.55. The Bertz CT molecular complexity index is 616. The Kier molecular flexibility index (Phi) is 5.79. The molecule has 0 N–H and O–H groups in total. The minimum Gasteiger partial charge on any atom is -0.374 e. The van der Waals surface area contributed by atoms with Crippen molar-refractivity contribution in [3.8, 4) is 0 Å². The standard InChI is InChI=1S/C24H34O/c1-17-9-13-21(14-10-17)23(5,6)19(3)25-20(4)24(7,8)22-15-11-18(2)12-16-22/h9-16,19-20H,1-8H3. The van der Waals surface area contributed by atoms with Crippen molar-refractivity contribution in [2.24, 2.45) is 0 Å². The van der Waals surface area contributed by atoms with E-state index < -0.39 is 0 Å². The van der Waals surface area contributed by atoms with E-state index in [1.54, 1.807) is 0 Å². The van der Waals surface area contributed by atoms with Crippen LogP contribution >= 0.6 is 0 Å². The van der Waals surface area contributed by atoms with Crippen molar-refractivity contribution in [2.45, 2.75) is 78.4 Å². The maximum atomic E-state index is 6.55. The molecule has 136 valence electrons. The normalized spacial score (nSPS) is 15.0. The summed E-state index contributed by atoms with van der Waals surface area (Å²) in [5, 5.41) is 0. The third-order valence-corrected chi connectivity index (χ3v) is 6.03. The number of rotatable bonds is 6. The molecule has 2 unspecified atom stereocenters. The van der Waals surface area contributed by atoms with Crippen molar-refractivity contribution in [1.82, 2.24) is 0 Å². The van der Waals surface area contributed by atoms with E-state index in [4.69, 9.17) is 4.74 Å². The molecular weight excluding hydrogens is 304 g/mol. The van der Waals surface area contributed by atoms with E-state index in [-0.39, 0.29) is 23.0 Å². The minimum absolute atomic E-state index is 0.0364. The van der Waals surface area contributed by atoms with Crippen LogP contribution in [0.3, 0.4) is 0 Å². The zero-order chi connectivity index (χ0) is 18.8. The molecular formula is C24H34O. The molecule has 0 aromatic heterocycles. The summed E-state index contributed by atoms with van der Waals surface area (Å²) in [7, 11) is 0. The second kappa shape index (κ2) is 7.33. The molecule has 1 nitrogen and oxygen atoms in total. The Balaban J connectivity index is 2.16. The third-order valence-electron chi connectivity index (χ3n) is 6.03. The summed E-state index contributed by atoms with van der Waals surface area (Å²) in [4.78, 5) is 0. The highest BCUT2D eigenvalue weighted by Gasteiger charge is 2.35. The molecule has 0 saturated heterocycles. The Morgan fingerprint density at radius 3 is 1.16 bits per heavy atom. The van der Waals surface area contributed by atoms with Crippen LogP contribution in [0.5, 0.6) is 0 Å². The molecule has 0 fully saturated rings. The lowest BCUT2D eigenvalue weighted by Gasteiger charge is -2.39. The molecule has 2 aromatic rings. The summed E-state index contributed by atoms with van der Waals surface area (Å²) in [6.45, 7) is 17.7. The van der Waals surface area contributed by atoms with Crippen LogP contribution in [-0.4, -0.2) is 12.2 Å². The summed E-state index contributed by atoms with van der Waals surface area (Å²) in [5.74, 6) is 0. The smallest absolute Gasteiger partial charge is 0.0642 e. The average molecular weight is 339 g/mol. The summed E-state index contributed by atoms with van der Waals surface area (Å²) >= 11 is 0. The van der Waals surface area contributed by atoms with Gasteiger partial charge in [-0.25, -0.2) is 0 Å². The maximum absolute atomic E-state index is 6.55. The number of hydrogen-bond acceptors (Lipinski definition) is 1. The predicted octanol–water partition coefficient (Wildman–Crippen LogP) is 6.35. The first-order valence-corrected chi connectivity index (χ1v) is 9.35. The Hall–Kier alpha value is -1.60. The van der Waals surface area contributed by atoms with Crippen LogP contribution in [0.15, 0.2) is 48.5 Å². The fourth-order valence-corrected chi connectivity index (χ4v) is 3.08. The van der Waals surface area contributed by atoms with Gasteiger partial charge in [0.25, 0.3) is 0 Å². The predicted molar refractivity (Wildman–Crippen MR) is 108 cm³/mol. The fraction of sp³-hybridized carbons (Fsp3) is 0.500. The van der Waals surface area contributed by atoms with Gasteiger partial charge in [0, 0.05) is 10.8 Å². The van der Waals surface area contributed by atoms with Gasteiger partial charge in [-0.2, -0.15) is 0 Å². The summed E-state index contributed by atoms with van der Waals surface area (Å²) in [5.41, 5.74) is 5.16. The highest BCUT2D eigenvalue weighted by atomic mass is 16.5. The largest absolute Gasteiger partial charge is 0.374 e. The molecule has 0 heterocycles. The zero-order valence-electron chi connectivity index (χ0n) is 17.2. The second-order valence-electron chi connectivity index (χ2n) is 8.60. The molecule has 0 saturated carbocycles. The van der Waals surface area contributed by atoms with Crippen LogP contribution in [0, 0.1) is 13.8 Å². The Morgan fingerprint density at radius 1 is 0.600 bits per heavy atom. The highest BCUT2D eigenvalue weighted by molar-refractivity contribution is 5.30. The number of benzene rings is 2. The van der Waals surface area contributed by atoms with Gasteiger partial charge in [-0.3, -0.25) is 0 Å². The van der Waals surface area contributed by atoms with E-state index in [2.05, 4.69) is 104 Å². The molecule has 0 spiro atoms. The molecule has 0 radical (unpaired) electrons. The summed E-state index contributed by atoms with van der Waals surface area (Å²) in [6.07, 6.45) is 0.241. The highest BCUT2D eigenvalue weighted by Crippen LogP contribution is 2.35. The number of ether oxygens (including phenoxy) is 1. The van der Waals surface area contributed by atoms with Gasteiger partial charge < -0.3 is 4.74 Å². The van der Waals surface area contributed by atoms with Crippen molar-refractivity contribution in [2.75, 3.05) is 0 Å². The topological polar surface area (TPSA) is 9.23 Å². The molecule has 2 aromatic carbocycles. The van der Waals surface area contributed by atoms with E-state index in [0.29, 0.717) is 0 Å². The average Bonchev–Trinajstić information content (AvgIpc) is 2.55. The van der Waals surface area contributed by atoms with Gasteiger partial charge in [0.1, 0.15) is 0 Å². The van der Waals surface area contributed by atoms with Gasteiger partial charge >= 0.3 is 0 Å². The quantitative estimate of drug-likeness (QED) is 0.596. The van der Waals surface area contributed by atoms with Gasteiger partial charge in [0.2, 0.25) is 0 Å². The van der Waals surface area contributed by atoms with E-state index in [1.807, 2.05) is 0 Å². The fourth-order valence-electron chi connectivity index (χ4n) is 3.08. The number of hydrogen-bond donors (Lipinski definition) is 0. The van der Waals surface area contributed by atoms with Crippen LogP contribution in [0.1, 0.15) is 63.8 Å². The molecule has 25 heavy (non-hydrogen) atoms. The van der Waals surface area contributed by atoms with Crippen LogP contribution < -0.4 is 0 Å². The van der Waals surface area contributed by atoms with E-state index >= 15 is 0 Å². The van der Waals surface area contributed by atoms with Gasteiger partial charge in [0.05, 0.1) is 12.2 Å². The van der Waals surface area contributed by atoms with Crippen molar-refractivity contribution in [3.05, 3.63) is 70.8 Å². The van der Waals surface area contributed by atoms with Gasteiger partial charge in [-0.15, -0.1) is 0 Å². The van der Waals surface area contributed by atoms with Gasteiger partial charge in [-0.1, -0.05) is 87.4 Å². The molecule has 0 aliphatic rings. The first kappa shape index (κ1) is 19.7.